The molecule has 0 rings (SSSR count). The van der Waals surface area contributed by atoms with Crippen molar-refractivity contribution >= 4 is 7.60 Å². The van der Waals surface area contributed by atoms with Crippen molar-refractivity contribution in [3.8, 4) is 0 Å². The Morgan fingerprint density at radius 2 is 0.688 bits per heavy atom. The van der Waals surface area contributed by atoms with E-state index in [-0.39, 0.29) is 0 Å². The third-order valence-electron chi connectivity index (χ3n) is 6.36. The molecule has 0 aromatic heterocycles. The van der Waals surface area contributed by atoms with Gasteiger partial charge in [0.2, 0.25) is 0 Å². The van der Waals surface area contributed by atoms with Crippen LogP contribution in [0.1, 0.15) is 162 Å². The van der Waals surface area contributed by atoms with Crippen molar-refractivity contribution in [3.63, 3.8) is 0 Å². The Morgan fingerprint density at radius 3 is 1.00 bits per heavy atom. The van der Waals surface area contributed by atoms with Gasteiger partial charge in [-0.15, -0.1) is 0 Å². The summed E-state index contributed by atoms with van der Waals surface area (Å²) in [5.41, 5.74) is 0. The predicted molar refractivity (Wildman–Crippen MR) is 143 cm³/mol. The molecule has 0 aliphatic carbocycles. The van der Waals surface area contributed by atoms with E-state index < -0.39 is 7.60 Å². The Bertz CT molecular complexity index is 400. The van der Waals surface area contributed by atoms with Gasteiger partial charge in [-0.3, -0.25) is 4.57 Å². The number of hydrogen-bond donors (Lipinski definition) is 0. The zero-order valence-corrected chi connectivity index (χ0v) is 23.2. The lowest BCUT2D eigenvalue weighted by Gasteiger charge is -2.18. The summed E-state index contributed by atoms with van der Waals surface area (Å²) in [6, 6.07) is 0. The second kappa shape index (κ2) is 25.8. The molecule has 0 saturated carbocycles. The summed E-state index contributed by atoms with van der Waals surface area (Å²) in [6.07, 6.45) is 28.8. The monoisotopic (exact) mass is 474 g/mol. The van der Waals surface area contributed by atoms with E-state index in [1.54, 1.807) is 0 Å². The summed E-state index contributed by atoms with van der Waals surface area (Å²) in [5, 5.41) is 0. The summed E-state index contributed by atoms with van der Waals surface area (Å²) in [6.45, 7) is 7.82. The van der Waals surface area contributed by atoms with Gasteiger partial charge in [-0.2, -0.15) is 0 Å². The van der Waals surface area contributed by atoms with Crippen LogP contribution in [0.25, 0.3) is 0 Å². The van der Waals surface area contributed by atoms with Crippen LogP contribution < -0.4 is 0 Å². The van der Waals surface area contributed by atoms with Crippen LogP contribution in [-0.4, -0.2) is 19.4 Å². The topological polar surface area (TPSA) is 35.5 Å². The van der Waals surface area contributed by atoms with E-state index in [2.05, 4.69) is 20.8 Å². The quantitative estimate of drug-likeness (QED) is 0.0877. The summed E-state index contributed by atoms with van der Waals surface area (Å²) >= 11 is 0. The fraction of sp³-hybridized carbons (Fsp3) is 1.00. The average Bonchev–Trinajstić information content (AvgIpc) is 2.80. The van der Waals surface area contributed by atoms with Crippen LogP contribution in [0.3, 0.4) is 0 Å². The van der Waals surface area contributed by atoms with Crippen molar-refractivity contribution in [2.45, 2.75) is 162 Å². The Hall–Kier alpha value is 0.150. The van der Waals surface area contributed by atoms with Crippen LogP contribution >= 0.6 is 7.60 Å². The van der Waals surface area contributed by atoms with Crippen LogP contribution in [0.5, 0.6) is 0 Å². The lowest BCUT2D eigenvalue weighted by Crippen LogP contribution is -2.03. The molecule has 194 valence electrons. The molecular weight excluding hydrogens is 415 g/mol. The molecule has 0 aliphatic heterocycles. The van der Waals surface area contributed by atoms with Crippen LogP contribution in [0, 0.1) is 0 Å². The van der Waals surface area contributed by atoms with E-state index in [1.165, 1.54) is 116 Å². The van der Waals surface area contributed by atoms with Crippen LogP contribution in [0.2, 0.25) is 0 Å². The standard InChI is InChI=1S/C28H59O3P/c1-4-7-10-12-13-14-15-16-17-18-19-20-21-23-25-27-31-32(29,28-9-6-3)30-26-24-22-11-8-5-2/h4-28H2,1-3H3. The summed E-state index contributed by atoms with van der Waals surface area (Å²) in [7, 11) is -2.88. The first kappa shape index (κ1) is 32.1. The Morgan fingerprint density at radius 1 is 0.406 bits per heavy atom. The molecule has 0 saturated heterocycles. The highest BCUT2D eigenvalue weighted by Crippen LogP contribution is 2.49. The minimum atomic E-state index is -2.88. The predicted octanol–water partition coefficient (Wildman–Crippen LogP) is 10.9. The molecule has 1 unspecified atom stereocenters. The van der Waals surface area contributed by atoms with Gasteiger partial charge in [0.1, 0.15) is 0 Å². The highest BCUT2D eigenvalue weighted by Gasteiger charge is 2.23. The molecule has 0 aromatic carbocycles. The molecule has 1 atom stereocenters. The molecular formula is C28H59O3P. The van der Waals surface area contributed by atoms with Gasteiger partial charge in [0.25, 0.3) is 0 Å². The third kappa shape index (κ3) is 23.3. The summed E-state index contributed by atoms with van der Waals surface area (Å²) < 4.78 is 24.5. The molecule has 0 heterocycles. The fourth-order valence-electron chi connectivity index (χ4n) is 4.10. The maximum Gasteiger partial charge on any atom is 0.330 e. The van der Waals surface area contributed by atoms with Crippen LogP contribution in [0.4, 0.5) is 0 Å². The third-order valence-corrected chi connectivity index (χ3v) is 8.37. The maximum absolute atomic E-state index is 13.0. The Balaban J connectivity index is 3.57. The highest BCUT2D eigenvalue weighted by molar-refractivity contribution is 7.53. The normalized spacial score (nSPS) is 13.5. The van der Waals surface area contributed by atoms with Gasteiger partial charge in [0.05, 0.1) is 19.4 Å². The zero-order valence-electron chi connectivity index (χ0n) is 22.3. The molecule has 0 amide bonds. The van der Waals surface area contributed by atoms with Gasteiger partial charge in [-0.05, 0) is 19.3 Å². The highest BCUT2D eigenvalue weighted by atomic mass is 31.2. The Kier molecular flexibility index (Phi) is 25.9. The van der Waals surface area contributed by atoms with Crippen molar-refractivity contribution in [1.29, 1.82) is 0 Å². The second-order valence-corrected chi connectivity index (χ2v) is 11.9. The number of rotatable bonds is 27. The zero-order chi connectivity index (χ0) is 23.6. The van der Waals surface area contributed by atoms with Gasteiger partial charge >= 0.3 is 7.60 Å². The minimum absolute atomic E-state index is 0.581. The maximum atomic E-state index is 13.0. The summed E-state index contributed by atoms with van der Waals surface area (Å²) in [5.74, 6) is 0. The van der Waals surface area contributed by atoms with E-state index in [9.17, 15) is 4.57 Å². The molecule has 0 bridgehead atoms. The first-order valence-corrected chi connectivity index (χ1v) is 16.3. The lowest BCUT2D eigenvalue weighted by molar-refractivity contribution is 0.197. The van der Waals surface area contributed by atoms with E-state index >= 15 is 0 Å². The largest absolute Gasteiger partial charge is 0.330 e. The fourth-order valence-corrected chi connectivity index (χ4v) is 5.96. The van der Waals surface area contributed by atoms with E-state index in [0.717, 1.165) is 25.7 Å². The van der Waals surface area contributed by atoms with Gasteiger partial charge in [-0.25, -0.2) is 0 Å². The smallest absolute Gasteiger partial charge is 0.309 e. The first-order valence-electron chi connectivity index (χ1n) is 14.6. The van der Waals surface area contributed by atoms with Crippen LogP contribution in [-0.2, 0) is 13.6 Å². The number of unbranched alkanes of at least 4 members (excludes halogenated alkanes) is 19. The Labute approximate surface area is 202 Å². The second-order valence-electron chi connectivity index (χ2n) is 9.72. The number of hydrogen-bond acceptors (Lipinski definition) is 3. The lowest BCUT2D eigenvalue weighted by atomic mass is 10.0. The molecule has 0 N–H and O–H groups in total. The van der Waals surface area contributed by atoms with Crippen molar-refractivity contribution < 1.29 is 13.6 Å². The van der Waals surface area contributed by atoms with E-state index in [0.29, 0.717) is 19.4 Å². The van der Waals surface area contributed by atoms with Crippen molar-refractivity contribution in [2.24, 2.45) is 0 Å². The molecule has 0 aromatic rings. The van der Waals surface area contributed by atoms with Gasteiger partial charge in [-0.1, -0.05) is 143 Å². The minimum Gasteiger partial charge on any atom is -0.309 e. The van der Waals surface area contributed by atoms with E-state index in [1.807, 2.05) is 0 Å². The summed E-state index contributed by atoms with van der Waals surface area (Å²) in [4.78, 5) is 0. The molecule has 32 heavy (non-hydrogen) atoms. The molecule has 0 fully saturated rings. The average molecular weight is 475 g/mol. The van der Waals surface area contributed by atoms with E-state index in [4.69, 9.17) is 9.05 Å². The van der Waals surface area contributed by atoms with Crippen molar-refractivity contribution in [1.82, 2.24) is 0 Å². The van der Waals surface area contributed by atoms with Gasteiger partial charge in [0.15, 0.2) is 0 Å². The molecule has 0 spiro atoms. The van der Waals surface area contributed by atoms with Crippen LogP contribution in [0.15, 0.2) is 0 Å². The van der Waals surface area contributed by atoms with Crippen molar-refractivity contribution in [2.75, 3.05) is 19.4 Å². The molecule has 3 nitrogen and oxygen atoms in total. The molecule has 0 aliphatic rings. The molecule has 0 radical (unpaired) electrons. The SMILES string of the molecule is CCCCCCCCCCCCCCCCCOP(=O)(CCCC)OCCCCCCC. The van der Waals surface area contributed by atoms with Crippen molar-refractivity contribution in [3.05, 3.63) is 0 Å². The van der Waals surface area contributed by atoms with Gasteiger partial charge < -0.3 is 9.05 Å². The van der Waals surface area contributed by atoms with Gasteiger partial charge in [0, 0.05) is 0 Å². The molecule has 4 heteroatoms. The first-order chi connectivity index (χ1) is 15.7.